The molecule has 0 bridgehead atoms. The van der Waals surface area contributed by atoms with Crippen LogP contribution in [0.3, 0.4) is 0 Å². The van der Waals surface area contributed by atoms with Crippen LogP contribution in [0.1, 0.15) is 41.3 Å². The Morgan fingerprint density at radius 3 is 2.69 bits per heavy atom. The lowest BCUT2D eigenvalue weighted by molar-refractivity contribution is 0.393. The third-order valence-corrected chi connectivity index (χ3v) is 7.13. The quantitative estimate of drug-likeness (QED) is 0.348. The highest BCUT2D eigenvalue weighted by molar-refractivity contribution is 7.98. The fraction of sp³-hybridized carbons (Fsp3) is 0.259. The van der Waals surface area contributed by atoms with Crippen LogP contribution < -0.4 is 4.74 Å². The van der Waals surface area contributed by atoms with E-state index in [0.717, 1.165) is 47.6 Å². The minimum atomic E-state index is -0.790. The first kappa shape index (κ1) is 22.9. The Balaban J connectivity index is 1.45. The van der Waals surface area contributed by atoms with E-state index >= 15 is 0 Å². The van der Waals surface area contributed by atoms with E-state index in [1.807, 2.05) is 71.1 Å². The van der Waals surface area contributed by atoms with Gasteiger partial charge in [0.15, 0.2) is 11.6 Å². The van der Waals surface area contributed by atoms with Crippen LogP contribution in [0.4, 0.5) is 0 Å². The molecule has 1 atom stereocenters. The van der Waals surface area contributed by atoms with Crippen molar-refractivity contribution in [3.05, 3.63) is 83.5 Å². The predicted molar refractivity (Wildman–Crippen MR) is 138 cm³/mol. The highest BCUT2D eigenvalue weighted by atomic mass is 32.2. The van der Waals surface area contributed by atoms with Crippen LogP contribution in [0.15, 0.2) is 59.9 Å². The predicted octanol–water partition coefficient (Wildman–Crippen LogP) is 5.28. The molecule has 8 heteroatoms. The first-order valence-electron chi connectivity index (χ1n) is 11.4. The van der Waals surface area contributed by atoms with Gasteiger partial charge >= 0.3 is 0 Å². The fourth-order valence-corrected chi connectivity index (χ4v) is 4.97. The van der Waals surface area contributed by atoms with Gasteiger partial charge in [-0.25, -0.2) is 14.6 Å². The molecule has 2 aromatic heterocycles. The maximum absolute atomic E-state index is 10.3. The monoisotopic (exact) mass is 482 g/mol. The van der Waals surface area contributed by atoms with Gasteiger partial charge in [0, 0.05) is 17.6 Å². The van der Waals surface area contributed by atoms with Crippen molar-refractivity contribution in [3.8, 4) is 17.5 Å². The largest absolute Gasteiger partial charge is 0.495 e. The van der Waals surface area contributed by atoms with Gasteiger partial charge in [-0.15, -0.1) is 11.8 Å². The van der Waals surface area contributed by atoms with Crippen LogP contribution in [-0.4, -0.2) is 37.7 Å². The molecule has 1 aliphatic heterocycles. The highest BCUT2D eigenvalue weighted by Gasteiger charge is 2.42. The van der Waals surface area contributed by atoms with Crippen LogP contribution in [-0.2, 0) is 12.0 Å². The molecule has 7 nitrogen and oxygen atoms in total. The highest BCUT2D eigenvalue weighted by Crippen LogP contribution is 2.39. The Bertz CT molecular complexity index is 1430. The maximum Gasteiger partial charge on any atom is 0.174 e. The number of nitriles is 1. The molecule has 35 heavy (non-hydrogen) atoms. The van der Waals surface area contributed by atoms with Gasteiger partial charge in [0.2, 0.25) is 0 Å². The molecule has 1 aliphatic rings. The number of nitrogens with zero attached hydrogens (tertiary/aromatic N) is 6. The molecule has 176 valence electrons. The lowest BCUT2D eigenvalue weighted by Crippen LogP contribution is -2.34. The number of benzene rings is 2. The van der Waals surface area contributed by atoms with Crippen molar-refractivity contribution in [2.45, 2.75) is 36.6 Å². The van der Waals surface area contributed by atoms with E-state index in [0.29, 0.717) is 11.6 Å². The van der Waals surface area contributed by atoms with E-state index in [-0.39, 0.29) is 0 Å². The van der Waals surface area contributed by atoms with Crippen LogP contribution >= 0.6 is 11.8 Å². The first-order chi connectivity index (χ1) is 17.1. The van der Waals surface area contributed by atoms with Gasteiger partial charge in [-0.05, 0) is 67.5 Å². The van der Waals surface area contributed by atoms with Crippen molar-refractivity contribution in [2.75, 3.05) is 13.4 Å². The average molecular weight is 483 g/mol. The summed E-state index contributed by atoms with van der Waals surface area (Å²) in [5, 5.41) is 15.0. The summed E-state index contributed by atoms with van der Waals surface area (Å²) in [4.78, 5) is 10.3. The molecule has 0 saturated heterocycles. The van der Waals surface area contributed by atoms with Crippen molar-refractivity contribution in [1.82, 2.24) is 24.3 Å². The molecule has 0 fully saturated rings. The number of imidazole rings is 1. The maximum atomic E-state index is 10.3. The summed E-state index contributed by atoms with van der Waals surface area (Å²) in [6.45, 7) is 2.72. The second-order valence-corrected chi connectivity index (χ2v) is 9.43. The molecule has 3 heterocycles. The number of hydrogen-bond donors (Lipinski definition) is 0. The number of aromatic nitrogens is 5. The number of methoxy groups -OCH3 is 1. The average Bonchev–Trinajstić information content (AvgIpc) is 3.53. The Morgan fingerprint density at radius 2 is 2.00 bits per heavy atom. The molecule has 2 aromatic carbocycles. The Morgan fingerprint density at radius 1 is 1.17 bits per heavy atom. The van der Waals surface area contributed by atoms with E-state index in [2.05, 4.69) is 23.2 Å². The minimum absolute atomic E-state index is 0.593. The summed E-state index contributed by atoms with van der Waals surface area (Å²) in [7, 11) is 1.66. The van der Waals surface area contributed by atoms with Gasteiger partial charge in [0.25, 0.3) is 0 Å². The van der Waals surface area contributed by atoms with Gasteiger partial charge in [-0.3, -0.25) is 0 Å². The van der Waals surface area contributed by atoms with Gasteiger partial charge in [0.05, 0.1) is 30.9 Å². The third kappa shape index (κ3) is 4.24. The SMILES string of the molecule is COc1cc(C=Cc2nc3n(n2)CCC[C@@]3(C#N)c2ccc(SC)cc2)ccc1-n1cnc(C)c1. The Hall–Kier alpha value is -3.83. The molecule has 0 amide bonds. The molecule has 0 saturated carbocycles. The van der Waals surface area contributed by atoms with Gasteiger partial charge < -0.3 is 9.30 Å². The first-order valence-corrected chi connectivity index (χ1v) is 12.7. The van der Waals surface area contributed by atoms with E-state index in [9.17, 15) is 5.26 Å². The summed E-state index contributed by atoms with van der Waals surface area (Å²) >= 11 is 1.69. The van der Waals surface area contributed by atoms with Crippen molar-refractivity contribution >= 4 is 23.9 Å². The van der Waals surface area contributed by atoms with Crippen LogP contribution in [0.5, 0.6) is 5.75 Å². The number of rotatable bonds is 6. The zero-order valence-corrected chi connectivity index (χ0v) is 20.8. The molecule has 0 spiro atoms. The van der Waals surface area contributed by atoms with Gasteiger partial charge in [-0.2, -0.15) is 10.4 Å². The van der Waals surface area contributed by atoms with Crippen LogP contribution in [0.25, 0.3) is 17.8 Å². The molecule has 0 N–H and O–H groups in total. The zero-order valence-electron chi connectivity index (χ0n) is 20.0. The number of thioether (sulfide) groups is 1. The fourth-order valence-electron chi connectivity index (χ4n) is 4.56. The normalized spacial score (nSPS) is 17.3. The Kier molecular flexibility index (Phi) is 6.18. The summed E-state index contributed by atoms with van der Waals surface area (Å²) in [5.41, 5.74) is 3.01. The minimum Gasteiger partial charge on any atom is -0.495 e. The summed E-state index contributed by atoms with van der Waals surface area (Å²) in [6, 6.07) is 16.8. The van der Waals surface area contributed by atoms with Crippen molar-refractivity contribution in [3.63, 3.8) is 0 Å². The van der Waals surface area contributed by atoms with Crippen molar-refractivity contribution in [2.24, 2.45) is 0 Å². The third-order valence-electron chi connectivity index (χ3n) is 6.38. The summed E-state index contributed by atoms with van der Waals surface area (Å²) < 4.78 is 9.45. The van der Waals surface area contributed by atoms with Crippen molar-refractivity contribution in [1.29, 1.82) is 5.26 Å². The van der Waals surface area contributed by atoms with E-state index < -0.39 is 5.41 Å². The van der Waals surface area contributed by atoms with Gasteiger partial charge in [0.1, 0.15) is 11.2 Å². The number of aryl methyl sites for hydroxylation is 2. The number of ether oxygens (including phenoxy) is 1. The van der Waals surface area contributed by atoms with Gasteiger partial charge in [-0.1, -0.05) is 24.3 Å². The molecule has 0 unspecified atom stereocenters. The van der Waals surface area contributed by atoms with Crippen LogP contribution in [0.2, 0.25) is 0 Å². The second kappa shape index (κ2) is 9.43. The lowest BCUT2D eigenvalue weighted by Gasteiger charge is -2.30. The summed E-state index contributed by atoms with van der Waals surface area (Å²) in [5.74, 6) is 2.06. The number of hydrogen-bond acceptors (Lipinski definition) is 6. The molecular weight excluding hydrogens is 456 g/mol. The lowest BCUT2D eigenvalue weighted by atomic mass is 9.75. The summed E-state index contributed by atoms with van der Waals surface area (Å²) in [6.07, 6.45) is 11.3. The van der Waals surface area contributed by atoms with E-state index in [1.165, 1.54) is 4.90 Å². The molecule has 5 rings (SSSR count). The van der Waals surface area contributed by atoms with Crippen molar-refractivity contribution < 1.29 is 4.74 Å². The zero-order chi connectivity index (χ0) is 24.4. The second-order valence-electron chi connectivity index (χ2n) is 8.55. The smallest absolute Gasteiger partial charge is 0.174 e. The molecule has 4 aromatic rings. The van der Waals surface area contributed by atoms with E-state index in [4.69, 9.17) is 14.8 Å². The Labute approximate surface area is 209 Å². The number of fused-ring (bicyclic) bond motifs is 1. The standard InChI is InChI=1S/C27H26N6OS/c1-19-16-32(18-29-19)23-11-5-20(15-24(23)34-2)6-12-25-30-26-27(17-28,13-4-14-33(26)31-25)21-7-9-22(35-3)10-8-21/h5-12,15-16,18H,4,13-14H2,1-3H3/t27-/m1/s1. The topological polar surface area (TPSA) is 81.5 Å². The molecule has 0 radical (unpaired) electrons. The molecule has 0 aliphatic carbocycles. The molecular formula is C27H26N6OS. The van der Waals surface area contributed by atoms with E-state index in [1.54, 1.807) is 25.2 Å². The van der Waals surface area contributed by atoms with Crippen LogP contribution in [0, 0.1) is 18.3 Å².